The number of anilines is 1. The first-order valence-corrected chi connectivity index (χ1v) is 6.65. The molecular formula is C15H17FN4. The number of aromatic nitrogens is 2. The molecule has 0 aliphatic carbocycles. The normalized spacial score (nSPS) is 10.4. The molecule has 2 aromatic rings. The molecule has 1 aromatic heterocycles. The number of nitrogen functional groups attached to an aromatic ring is 1. The summed E-state index contributed by atoms with van der Waals surface area (Å²) in [6.45, 7) is 2.45. The minimum atomic E-state index is -0.292. The Morgan fingerprint density at radius 1 is 1.45 bits per heavy atom. The van der Waals surface area contributed by atoms with Gasteiger partial charge in [0, 0.05) is 0 Å². The van der Waals surface area contributed by atoms with Crippen molar-refractivity contribution in [2.45, 2.75) is 32.7 Å². The number of nitrogens with two attached hydrogens (primary N) is 1. The van der Waals surface area contributed by atoms with Gasteiger partial charge in [0.1, 0.15) is 23.3 Å². The molecular weight excluding hydrogens is 255 g/mol. The molecule has 0 radical (unpaired) electrons. The van der Waals surface area contributed by atoms with Gasteiger partial charge >= 0.3 is 0 Å². The van der Waals surface area contributed by atoms with E-state index in [0.717, 1.165) is 30.5 Å². The van der Waals surface area contributed by atoms with E-state index in [2.05, 4.69) is 18.1 Å². The van der Waals surface area contributed by atoms with Crippen LogP contribution in [-0.2, 0) is 13.0 Å². The van der Waals surface area contributed by atoms with E-state index in [9.17, 15) is 9.65 Å². The van der Waals surface area contributed by atoms with Gasteiger partial charge < -0.3 is 5.73 Å². The molecule has 0 aliphatic rings. The van der Waals surface area contributed by atoms with E-state index in [4.69, 9.17) is 5.73 Å². The quantitative estimate of drug-likeness (QED) is 0.910. The van der Waals surface area contributed by atoms with Crippen LogP contribution in [0.2, 0.25) is 0 Å². The Kier molecular flexibility index (Phi) is 4.36. The van der Waals surface area contributed by atoms with Crippen molar-refractivity contribution in [1.82, 2.24) is 9.78 Å². The Balaban J connectivity index is 2.28. The standard InChI is InChI=1S/C15H17FN4/c1-2-3-7-14-13(9-17)15(18)20(19-14)10-11-5-4-6-12(16)8-11/h4-6,8H,2-3,7,10,18H2,1H3. The molecule has 20 heavy (non-hydrogen) atoms. The molecule has 0 fully saturated rings. The predicted octanol–water partition coefficient (Wildman–Crippen LogP) is 2.87. The van der Waals surface area contributed by atoms with Gasteiger partial charge in [-0.2, -0.15) is 10.4 Å². The second-order valence-electron chi connectivity index (χ2n) is 4.71. The van der Waals surface area contributed by atoms with Gasteiger partial charge in [-0.05, 0) is 30.5 Å². The van der Waals surface area contributed by atoms with Gasteiger partial charge in [0.15, 0.2) is 0 Å². The van der Waals surface area contributed by atoms with E-state index >= 15 is 0 Å². The Bertz CT molecular complexity index is 640. The molecule has 0 saturated heterocycles. The number of hydrogen-bond acceptors (Lipinski definition) is 3. The fourth-order valence-electron chi connectivity index (χ4n) is 2.10. The predicted molar refractivity (Wildman–Crippen MR) is 75.5 cm³/mol. The maximum atomic E-state index is 13.2. The van der Waals surface area contributed by atoms with Gasteiger partial charge in [0.25, 0.3) is 0 Å². The second-order valence-corrected chi connectivity index (χ2v) is 4.71. The molecule has 1 aromatic carbocycles. The number of hydrogen-bond donors (Lipinski definition) is 1. The van der Waals surface area contributed by atoms with E-state index in [1.807, 2.05) is 6.07 Å². The van der Waals surface area contributed by atoms with E-state index in [1.165, 1.54) is 12.1 Å². The highest BCUT2D eigenvalue weighted by Crippen LogP contribution is 2.19. The van der Waals surface area contributed by atoms with Gasteiger partial charge in [-0.1, -0.05) is 25.5 Å². The third kappa shape index (κ3) is 2.97. The molecule has 0 unspecified atom stereocenters. The molecule has 1 heterocycles. The third-order valence-electron chi connectivity index (χ3n) is 3.16. The summed E-state index contributed by atoms with van der Waals surface area (Å²) in [4.78, 5) is 0. The maximum Gasteiger partial charge on any atom is 0.140 e. The average Bonchev–Trinajstić information content (AvgIpc) is 2.72. The van der Waals surface area contributed by atoms with Crippen molar-refractivity contribution in [3.05, 3.63) is 46.9 Å². The molecule has 0 aliphatic heterocycles. The van der Waals surface area contributed by atoms with Crippen LogP contribution in [0.15, 0.2) is 24.3 Å². The smallest absolute Gasteiger partial charge is 0.140 e. The van der Waals surface area contributed by atoms with Crippen LogP contribution in [0.25, 0.3) is 0 Å². The van der Waals surface area contributed by atoms with Crippen LogP contribution in [0, 0.1) is 17.1 Å². The van der Waals surface area contributed by atoms with Gasteiger partial charge in [0.2, 0.25) is 0 Å². The lowest BCUT2D eigenvalue weighted by Crippen LogP contribution is -2.06. The third-order valence-corrected chi connectivity index (χ3v) is 3.16. The summed E-state index contributed by atoms with van der Waals surface area (Å²) in [5.74, 6) is 0.0582. The van der Waals surface area contributed by atoms with Crippen molar-refractivity contribution in [3.63, 3.8) is 0 Å². The first-order valence-electron chi connectivity index (χ1n) is 6.65. The number of benzene rings is 1. The van der Waals surface area contributed by atoms with Crippen molar-refractivity contribution in [3.8, 4) is 6.07 Å². The SMILES string of the molecule is CCCCc1nn(Cc2cccc(F)c2)c(N)c1C#N. The van der Waals surface area contributed by atoms with Crippen LogP contribution >= 0.6 is 0 Å². The van der Waals surface area contributed by atoms with E-state index in [-0.39, 0.29) is 5.82 Å². The molecule has 2 rings (SSSR count). The summed E-state index contributed by atoms with van der Waals surface area (Å²) in [5.41, 5.74) is 7.89. The highest BCUT2D eigenvalue weighted by atomic mass is 19.1. The van der Waals surface area contributed by atoms with Gasteiger partial charge in [-0.25, -0.2) is 9.07 Å². The van der Waals surface area contributed by atoms with Crippen LogP contribution in [0.1, 0.15) is 36.6 Å². The fourth-order valence-corrected chi connectivity index (χ4v) is 2.10. The number of aryl methyl sites for hydroxylation is 1. The van der Waals surface area contributed by atoms with Crippen molar-refractivity contribution >= 4 is 5.82 Å². The summed E-state index contributed by atoms with van der Waals surface area (Å²) in [6.07, 6.45) is 2.73. The Morgan fingerprint density at radius 3 is 2.90 bits per heavy atom. The fraction of sp³-hybridized carbons (Fsp3) is 0.333. The molecule has 0 atom stereocenters. The van der Waals surface area contributed by atoms with Crippen LogP contribution in [0.5, 0.6) is 0 Å². The molecule has 0 amide bonds. The Labute approximate surface area is 117 Å². The highest BCUT2D eigenvalue weighted by Gasteiger charge is 2.15. The highest BCUT2D eigenvalue weighted by molar-refractivity contribution is 5.52. The molecule has 104 valence electrons. The zero-order valence-corrected chi connectivity index (χ0v) is 11.4. The van der Waals surface area contributed by atoms with Crippen molar-refractivity contribution in [1.29, 1.82) is 5.26 Å². The first-order chi connectivity index (χ1) is 9.65. The second kappa shape index (κ2) is 6.20. The topological polar surface area (TPSA) is 67.6 Å². The minimum Gasteiger partial charge on any atom is -0.383 e. The lowest BCUT2D eigenvalue weighted by Gasteiger charge is -2.04. The molecule has 5 heteroatoms. The number of unbranched alkanes of at least 4 members (excludes halogenated alkanes) is 1. The summed E-state index contributed by atoms with van der Waals surface area (Å²) in [7, 11) is 0. The van der Waals surface area contributed by atoms with Crippen LogP contribution in [0.3, 0.4) is 0 Å². The molecule has 4 nitrogen and oxygen atoms in total. The molecule has 0 saturated carbocycles. The lowest BCUT2D eigenvalue weighted by molar-refractivity contribution is 0.618. The van der Waals surface area contributed by atoms with Crippen molar-refractivity contribution in [2.24, 2.45) is 0 Å². The summed E-state index contributed by atoms with van der Waals surface area (Å²) >= 11 is 0. The van der Waals surface area contributed by atoms with Crippen molar-refractivity contribution in [2.75, 3.05) is 5.73 Å². The molecule has 0 bridgehead atoms. The first kappa shape index (κ1) is 14.1. The van der Waals surface area contributed by atoms with Crippen molar-refractivity contribution < 1.29 is 4.39 Å². The Morgan fingerprint density at radius 2 is 2.25 bits per heavy atom. The molecule has 0 spiro atoms. The number of halogens is 1. The van der Waals surface area contributed by atoms with E-state index in [0.29, 0.717) is 17.9 Å². The van der Waals surface area contributed by atoms with Crippen LogP contribution in [-0.4, -0.2) is 9.78 Å². The maximum absolute atomic E-state index is 13.2. The summed E-state index contributed by atoms with van der Waals surface area (Å²) < 4.78 is 14.7. The van der Waals surface area contributed by atoms with Gasteiger partial charge in [-0.3, -0.25) is 0 Å². The summed E-state index contributed by atoms with van der Waals surface area (Å²) in [6, 6.07) is 8.40. The zero-order valence-electron chi connectivity index (χ0n) is 11.4. The van der Waals surface area contributed by atoms with Crippen LogP contribution in [0.4, 0.5) is 10.2 Å². The minimum absolute atomic E-state index is 0.292. The number of rotatable bonds is 5. The van der Waals surface area contributed by atoms with E-state index < -0.39 is 0 Å². The van der Waals surface area contributed by atoms with Gasteiger partial charge in [-0.15, -0.1) is 0 Å². The number of nitriles is 1. The van der Waals surface area contributed by atoms with Crippen LogP contribution < -0.4 is 5.73 Å². The monoisotopic (exact) mass is 272 g/mol. The van der Waals surface area contributed by atoms with Gasteiger partial charge in [0.05, 0.1) is 12.2 Å². The Hall–Kier alpha value is -2.35. The summed E-state index contributed by atoms with van der Waals surface area (Å²) in [5, 5.41) is 13.6. The van der Waals surface area contributed by atoms with E-state index in [1.54, 1.807) is 10.7 Å². The molecule has 2 N–H and O–H groups in total. The average molecular weight is 272 g/mol. The largest absolute Gasteiger partial charge is 0.383 e. The zero-order chi connectivity index (χ0) is 14.5. The number of nitrogens with zero attached hydrogens (tertiary/aromatic N) is 3. The lowest BCUT2D eigenvalue weighted by atomic mass is 10.1.